The van der Waals surface area contributed by atoms with Crippen LogP contribution < -0.4 is 0 Å². The van der Waals surface area contributed by atoms with Crippen LogP contribution in [-0.4, -0.2) is 23.9 Å². The molecule has 0 aliphatic heterocycles. The minimum absolute atomic E-state index is 0.0471. The first-order valence-corrected chi connectivity index (χ1v) is 7.69. The number of rotatable bonds is 2. The predicted molar refractivity (Wildman–Crippen MR) is 81.4 cm³/mol. The molecule has 0 aromatic rings. The van der Waals surface area contributed by atoms with E-state index >= 15 is 0 Å². The zero-order chi connectivity index (χ0) is 14.7. The highest BCUT2D eigenvalue weighted by Crippen LogP contribution is 2.62. The molecular formula is C18H26O2. The molecule has 0 saturated heterocycles. The van der Waals surface area contributed by atoms with Gasteiger partial charge >= 0.3 is 0 Å². The molecule has 3 rings (SSSR count). The Morgan fingerprint density at radius 1 is 1.35 bits per heavy atom. The van der Waals surface area contributed by atoms with E-state index in [9.17, 15) is 5.11 Å². The number of allylic oxidation sites excluding steroid dienone is 2. The highest BCUT2D eigenvalue weighted by molar-refractivity contribution is 5.50. The molecule has 1 saturated carbocycles. The maximum atomic E-state index is 11.7. The first-order valence-electron chi connectivity index (χ1n) is 7.69. The van der Waals surface area contributed by atoms with Crippen LogP contribution in [0.15, 0.2) is 34.9 Å². The van der Waals surface area contributed by atoms with Gasteiger partial charge in [-0.05, 0) is 51.2 Å². The summed E-state index contributed by atoms with van der Waals surface area (Å²) in [5.41, 5.74) is 3.72. The van der Waals surface area contributed by atoms with Gasteiger partial charge in [0.25, 0.3) is 0 Å². The molecule has 20 heavy (non-hydrogen) atoms. The van der Waals surface area contributed by atoms with Gasteiger partial charge in [0.15, 0.2) is 0 Å². The number of ether oxygens (including phenoxy) is 1. The fraction of sp³-hybridized carbons (Fsp3) is 0.667. The molecule has 0 spiro atoms. The Morgan fingerprint density at radius 2 is 2.05 bits per heavy atom. The molecule has 1 N–H and O–H groups in total. The third kappa shape index (κ3) is 1.52. The van der Waals surface area contributed by atoms with Crippen LogP contribution in [0.3, 0.4) is 0 Å². The van der Waals surface area contributed by atoms with E-state index < -0.39 is 5.60 Å². The lowest BCUT2D eigenvalue weighted by atomic mass is 9.61. The predicted octanol–water partition coefficient (Wildman–Crippen LogP) is 3.78. The van der Waals surface area contributed by atoms with E-state index in [-0.39, 0.29) is 11.5 Å². The highest BCUT2D eigenvalue weighted by Gasteiger charge is 2.59. The van der Waals surface area contributed by atoms with Gasteiger partial charge in [0.05, 0.1) is 6.10 Å². The van der Waals surface area contributed by atoms with Crippen molar-refractivity contribution in [3.63, 3.8) is 0 Å². The molecule has 3 aliphatic carbocycles. The molecule has 0 radical (unpaired) electrons. The number of fused-ring (bicyclic) bond motifs is 2. The molecular weight excluding hydrogens is 248 g/mol. The van der Waals surface area contributed by atoms with Crippen LogP contribution in [0, 0.1) is 11.3 Å². The molecule has 1 fully saturated rings. The van der Waals surface area contributed by atoms with Crippen LogP contribution in [0.5, 0.6) is 0 Å². The van der Waals surface area contributed by atoms with Crippen molar-refractivity contribution in [2.24, 2.45) is 11.3 Å². The lowest BCUT2D eigenvalue weighted by Crippen LogP contribution is -2.50. The molecule has 2 bridgehead atoms. The minimum Gasteiger partial charge on any atom is -0.380 e. The van der Waals surface area contributed by atoms with E-state index in [0.29, 0.717) is 5.92 Å². The van der Waals surface area contributed by atoms with E-state index in [0.717, 1.165) is 31.3 Å². The molecule has 2 nitrogen and oxygen atoms in total. The second kappa shape index (κ2) is 4.32. The van der Waals surface area contributed by atoms with Gasteiger partial charge in [-0.25, -0.2) is 0 Å². The maximum Gasteiger partial charge on any atom is 0.116 e. The maximum absolute atomic E-state index is 11.7. The first kappa shape index (κ1) is 14.1. The fourth-order valence-corrected chi connectivity index (χ4v) is 4.76. The zero-order valence-electron chi connectivity index (χ0n) is 13.1. The molecule has 0 unspecified atom stereocenters. The SMILES string of the molecule is C=C1[C@@H]2CC[C@@]1(C)[C@](O)(C1=C(C)CC[C@@H]1OC)C=C2C. The van der Waals surface area contributed by atoms with Crippen molar-refractivity contribution in [2.45, 2.75) is 58.2 Å². The molecule has 0 amide bonds. The summed E-state index contributed by atoms with van der Waals surface area (Å²) in [5.74, 6) is 0.462. The van der Waals surface area contributed by atoms with Crippen LogP contribution in [-0.2, 0) is 4.74 Å². The summed E-state index contributed by atoms with van der Waals surface area (Å²) in [4.78, 5) is 0. The Kier molecular flexibility index (Phi) is 3.04. The van der Waals surface area contributed by atoms with Gasteiger partial charge in [-0.3, -0.25) is 0 Å². The van der Waals surface area contributed by atoms with Crippen LogP contribution in [0.2, 0.25) is 0 Å². The molecule has 0 aromatic carbocycles. The Balaban J connectivity index is 2.18. The molecule has 0 aromatic heterocycles. The lowest BCUT2D eigenvalue weighted by Gasteiger charge is -2.48. The normalized spacial score (nSPS) is 44.2. The smallest absolute Gasteiger partial charge is 0.116 e. The lowest BCUT2D eigenvalue weighted by molar-refractivity contribution is -0.00584. The standard InChI is InChI=1S/C18H26O2/c1-11-6-7-15(20-5)16(11)18(19)10-12(2)14-8-9-17(18,4)13(14)3/h10,14-15,19H,3,6-9H2,1-2,4-5H3/t14-,15+,17-,18-/m1/s1. The topological polar surface area (TPSA) is 29.5 Å². The monoisotopic (exact) mass is 274 g/mol. The average molecular weight is 274 g/mol. The summed E-state index contributed by atoms with van der Waals surface area (Å²) in [6.07, 6.45) is 6.28. The van der Waals surface area contributed by atoms with Crippen LogP contribution >= 0.6 is 0 Å². The Bertz CT molecular complexity index is 528. The van der Waals surface area contributed by atoms with Gasteiger partial charge in [-0.2, -0.15) is 0 Å². The third-order valence-electron chi connectivity index (χ3n) is 6.15. The molecule has 3 aliphatic rings. The molecule has 2 heteroatoms. The minimum atomic E-state index is -0.914. The Morgan fingerprint density at radius 3 is 2.70 bits per heavy atom. The third-order valence-corrected chi connectivity index (χ3v) is 6.15. The van der Waals surface area contributed by atoms with E-state index in [4.69, 9.17) is 4.74 Å². The van der Waals surface area contributed by atoms with Crippen molar-refractivity contribution >= 4 is 0 Å². The fourth-order valence-electron chi connectivity index (χ4n) is 4.76. The van der Waals surface area contributed by atoms with E-state index in [2.05, 4.69) is 33.4 Å². The Labute approximate surface area is 122 Å². The van der Waals surface area contributed by atoms with Crippen LogP contribution in [0.4, 0.5) is 0 Å². The number of hydrogen-bond acceptors (Lipinski definition) is 2. The first-order chi connectivity index (χ1) is 9.35. The van der Waals surface area contributed by atoms with E-state index in [1.54, 1.807) is 7.11 Å². The van der Waals surface area contributed by atoms with Gasteiger partial charge < -0.3 is 9.84 Å². The van der Waals surface area contributed by atoms with Crippen molar-refractivity contribution in [2.75, 3.05) is 7.11 Å². The summed E-state index contributed by atoms with van der Waals surface area (Å²) < 4.78 is 5.66. The van der Waals surface area contributed by atoms with Gasteiger partial charge in [0, 0.05) is 18.4 Å². The summed E-state index contributed by atoms with van der Waals surface area (Å²) in [6, 6.07) is 0. The average Bonchev–Trinajstić information content (AvgIpc) is 2.89. The van der Waals surface area contributed by atoms with Crippen LogP contribution in [0.25, 0.3) is 0 Å². The van der Waals surface area contributed by atoms with Crippen molar-refractivity contribution < 1.29 is 9.84 Å². The number of aliphatic hydroxyl groups is 1. The summed E-state index contributed by atoms with van der Waals surface area (Å²) >= 11 is 0. The zero-order valence-corrected chi connectivity index (χ0v) is 13.1. The molecule has 0 heterocycles. The van der Waals surface area contributed by atoms with Crippen LogP contribution in [0.1, 0.15) is 46.5 Å². The number of hydrogen-bond donors (Lipinski definition) is 1. The highest BCUT2D eigenvalue weighted by atomic mass is 16.5. The van der Waals surface area contributed by atoms with Crippen molar-refractivity contribution in [1.82, 2.24) is 0 Å². The van der Waals surface area contributed by atoms with E-state index in [1.807, 2.05) is 0 Å². The largest absolute Gasteiger partial charge is 0.380 e. The van der Waals surface area contributed by atoms with Gasteiger partial charge in [-0.15, -0.1) is 0 Å². The van der Waals surface area contributed by atoms with Crippen molar-refractivity contribution in [1.29, 1.82) is 0 Å². The molecule has 4 atom stereocenters. The van der Waals surface area contributed by atoms with Crippen molar-refractivity contribution in [3.8, 4) is 0 Å². The van der Waals surface area contributed by atoms with Gasteiger partial charge in [0.1, 0.15) is 5.60 Å². The number of methoxy groups -OCH3 is 1. The van der Waals surface area contributed by atoms with Crippen molar-refractivity contribution in [3.05, 3.63) is 34.9 Å². The summed E-state index contributed by atoms with van der Waals surface area (Å²) in [6.45, 7) is 10.8. The summed E-state index contributed by atoms with van der Waals surface area (Å²) in [7, 11) is 1.75. The second-order valence-electron chi connectivity index (χ2n) is 7.06. The quantitative estimate of drug-likeness (QED) is 0.777. The van der Waals surface area contributed by atoms with Gasteiger partial charge in [0.2, 0.25) is 0 Å². The molecule has 110 valence electrons. The summed E-state index contributed by atoms with van der Waals surface area (Å²) in [5, 5.41) is 11.7. The second-order valence-corrected chi connectivity index (χ2v) is 7.06. The Hall–Kier alpha value is -0.860. The van der Waals surface area contributed by atoms with E-state index in [1.165, 1.54) is 16.7 Å². The van der Waals surface area contributed by atoms with Gasteiger partial charge in [-0.1, -0.05) is 30.2 Å².